The smallest absolute Gasteiger partial charge is 0.0708 e. The molecule has 0 radical (unpaired) electrons. The van der Waals surface area contributed by atoms with Gasteiger partial charge in [-0.25, -0.2) is 0 Å². The normalized spacial score (nSPS) is 61.5. The van der Waals surface area contributed by atoms with E-state index in [0.717, 1.165) is 18.3 Å². The third kappa shape index (κ3) is 0.834. The van der Waals surface area contributed by atoms with Gasteiger partial charge in [0, 0.05) is 0 Å². The van der Waals surface area contributed by atoms with Crippen LogP contribution < -0.4 is 0 Å². The van der Waals surface area contributed by atoms with Gasteiger partial charge in [-0.15, -0.1) is 0 Å². The summed E-state index contributed by atoms with van der Waals surface area (Å²) in [5, 5.41) is 10.2. The van der Waals surface area contributed by atoms with Gasteiger partial charge in [0.05, 0.1) is 5.60 Å². The molecule has 0 aliphatic heterocycles. The molecule has 1 N–H and O–H groups in total. The van der Waals surface area contributed by atoms with Crippen LogP contribution in [0.2, 0.25) is 0 Å². The van der Waals surface area contributed by atoms with Crippen LogP contribution in [0.4, 0.5) is 0 Å². The molecule has 4 atom stereocenters. The van der Waals surface area contributed by atoms with E-state index in [1.54, 1.807) is 0 Å². The lowest BCUT2D eigenvalue weighted by Crippen LogP contribution is -2.23. The molecule has 0 bridgehead atoms. The van der Waals surface area contributed by atoms with Crippen LogP contribution in [0.25, 0.3) is 0 Å². The average Bonchev–Trinajstić information content (AvgIpc) is 2.92. The predicted molar refractivity (Wildman–Crippen MR) is 47.7 cm³/mol. The van der Waals surface area contributed by atoms with Gasteiger partial charge in [0.15, 0.2) is 0 Å². The molecule has 0 aromatic rings. The maximum Gasteiger partial charge on any atom is 0.0708 e. The minimum atomic E-state index is -0.192. The lowest BCUT2D eigenvalue weighted by Gasteiger charge is -2.19. The summed E-state index contributed by atoms with van der Waals surface area (Å²) < 4.78 is 0. The highest BCUT2D eigenvalue weighted by Crippen LogP contribution is 2.63. The Labute approximate surface area is 74.2 Å². The largest absolute Gasteiger partial charge is 0.389 e. The quantitative estimate of drug-likeness (QED) is 0.666. The summed E-state index contributed by atoms with van der Waals surface area (Å²) in [5.41, 5.74) is -0.192. The fourth-order valence-corrected chi connectivity index (χ4v) is 3.46. The third-order valence-corrected chi connectivity index (χ3v) is 4.56. The lowest BCUT2D eigenvalue weighted by molar-refractivity contribution is 0.0610. The van der Waals surface area contributed by atoms with Crippen LogP contribution >= 0.6 is 0 Å². The van der Waals surface area contributed by atoms with Gasteiger partial charge in [0.1, 0.15) is 0 Å². The fraction of sp³-hybridized carbons (Fsp3) is 1.00. The van der Waals surface area contributed by atoms with E-state index in [1.165, 1.54) is 25.7 Å². The summed E-state index contributed by atoms with van der Waals surface area (Å²) >= 11 is 0. The van der Waals surface area contributed by atoms with Gasteiger partial charge in [-0.05, 0) is 49.4 Å². The molecule has 1 nitrogen and oxygen atoms in total. The number of fused-ring (bicyclic) bond motifs is 1. The topological polar surface area (TPSA) is 20.2 Å². The van der Waals surface area contributed by atoms with Crippen LogP contribution in [-0.4, -0.2) is 10.7 Å². The van der Waals surface area contributed by atoms with Crippen molar-refractivity contribution in [1.29, 1.82) is 0 Å². The highest BCUT2D eigenvalue weighted by molar-refractivity contribution is 5.12. The molecule has 0 aromatic carbocycles. The molecular weight excluding hydrogens is 148 g/mol. The lowest BCUT2D eigenvalue weighted by atomic mass is 9.92. The zero-order valence-electron chi connectivity index (χ0n) is 7.79. The Kier molecular flexibility index (Phi) is 1.27. The van der Waals surface area contributed by atoms with Crippen molar-refractivity contribution in [3.63, 3.8) is 0 Å². The zero-order chi connectivity index (χ0) is 8.34. The SMILES string of the molecule is CCC1CC1(O)C1CC2CC2C1. The van der Waals surface area contributed by atoms with Crippen molar-refractivity contribution in [3.8, 4) is 0 Å². The summed E-state index contributed by atoms with van der Waals surface area (Å²) in [6, 6.07) is 0. The van der Waals surface area contributed by atoms with Crippen LogP contribution in [0, 0.1) is 23.7 Å². The molecule has 12 heavy (non-hydrogen) atoms. The van der Waals surface area contributed by atoms with Crippen molar-refractivity contribution in [3.05, 3.63) is 0 Å². The van der Waals surface area contributed by atoms with E-state index < -0.39 is 0 Å². The van der Waals surface area contributed by atoms with Crippen LogP contribution in [0.3, 0.4) is 0 Å². The first-order valence-corrected chi connectivity index (χ1v) is 5.46. The van der Waals surface area contributed by atoms with E-state index in [0.29, 0.717) is 11.8 Å². The molecule has 68 valence electrons. The molecule has 0 spiro atoms. The highest BCUT2D eigenvalue weighted by atomic mass is 16.3. The summed E-state index contributed by atoms with van der Waals surface area (Å²) in [7, 11) is 0. The third-order valence-electron chi connectivity index (χ3n) is 4.56. The summed E-state index contributed by atoms with van der Waals surface area (Å²) in [6.45, 7) is 2.21. The van der Waals surface area contributed by atoms with Crippen LogP contribution in [0.5, 0.6) is 0 Å². The Morgan fingerprint density at radius 1 is 1.25 bits per heavy atom. The molecule has 1 heteroatoms. The number of hydrogen-bond donors (Lipinski definition) is 1. The van der Waals surface area contributed by atoms with Crippen LogP contribution in [0.15, 0.2) is 0 Å². The first-order chi connectivity index (χ1) is 5.74. The monoisotopic (exact) mass is 166 g/mol. The summed E-state index contributed by atoms with van der Waals surface area (Å²) in [5.74, 6) is 3.39. The van der Waals surface area contributed by atoms with Gasteiger partial charge < -0.3 is 5.11 Å². The molecule has 0 heterocycles. The van der Waals surface area contributed by atoms with E-state index in [4.69, 9.17) is 0 Å². The maximum atomic E-state index is 10.2. The Balaban J connectivity index is 1.67. The maximum absolute atomic E-state index is 10.2. The Morgan fingerprint density at radius 2 is 1.92 bits per heavy atom. The molecule has 3 aliphatic rings. The van der Waals surface area contributed by atoms with E-state index in [-0.39, 0.29) is 5.60 Å². The Bertz CT molecular complexity index is 203. The second-order valence-corrected chi connectivity index (χ2v) is 5.22. The fourth-order valence-electron chi connectivity index (χ4n) is 3.46. The Hall–Kier alpha value is -0.0400. The molecule has 0 amide bonds. The van der Waals surface area contributed by atoms with Gasteiger partial charge in [-0.2, -0.15) is 0 Å². The van der Waals surface area contributed by atoms with Crippen molar-refractivity contribution in [2.24, 2.45) is 23.7 Å². The molecule has 3 fully saturated rings. The van der Waals surface area contributed by atoms with Crippen molar-refractivity contribution >= 4 is 0 Å². The van der Waals surface area contributed by atoms with Crippen LogP contribution in [-0.2, 0) is 0 Å². The van der Waals surface area contributed by atoms with Crippen LogP contribution in [0.1, 0.15) is 39.0 Å². The van der Waals surface area contributed by atoms with E-state index in [1.807, 2.05) is 0 Å². The minimum Gasteiger partial charge on any atom is -0.389 e. The van der Waals surface area contributed by atoms with Crippen molar-refractivity contribution in [1.82, 2.24) is 0 Å². The first kappa shape index (κ1) is 7.37. The van der Waals surface area contributed by atoms with Gasteiger partial charge in [-0.1, -0.05) is 13.3 Å². The van der Waals surface area contributed by atoms with Gasteiger partial charge in [-0.3, -0.25) is 0 Å². The second kappa shape index (κ2) is 2.06. The standard InChI is InChI=1S/C11H18O/c1-2-9-6-11(9,12)10-4-7-3-8(7)5-10/h7-10,12H,2-6H2,1H3. The van der Waals surface area contributed by atoms with E-state index >= 15 is 0 Å². The predicted octanol–water partition coefficient (Wildman–Crippen LogP) is 2.19. The molecule has 0 saturated heterocycles. The van der Waals surface area contributed by atoms with E-state index in [9.17, 15) is 5.11 Å². The second-order valence-electron chi connectivity index (χ2n) is 5.22. The first-order valence-electron chi connectivity index (χ1n) is 5.46. The van der Waals surface area contributed by atoms with Gasteiger partial charge >= 0.3 is 0 Å². The highest BCUT2D eigenvalue weighted by Gasteiger charge is 2.61. The van der Waals surface area contributed by atoms with Crippen molar-refractivity contribution in [2.75, 3.05) is 0 Å². The summed E-state index contributed by atoms with van der Waals surface area (Å²) in [4.78, 5) is 0. The molecule has 0 aromatic heterocycles. The zero-order valence-corrected chi connectivity index (χ0v) is 7.79. The molecule has 3 saturated carbocycles. The number of aliphatic hydroxyl groups is 1. The number of rotatable bonds is 2. The van der Waals surface area contributed by atoms with Crippen molar-refractivity contribution in [2.45, 2.75) is 44.6 Å². The van der Waals surface area contributed by atoms with E-state index in [2.05, 4.69) is 6.92 Å². The van der Waals surface area contributed by atoms with Crippen molar-refractivity contribution < 1.29 is 5.11 Å². The van der Waals surface area contributed by atoms with Gasteiger partial charge in [0.25, 0.3) is 0 Å². The Morgan fingerprint density at radius 3 is 2.42 bits per heavy atom. The van der Waals surface area contributed by atoms with Gasteiger partial charge in [0.2, 0.25) is 0 Å². The summed E-state index contributed by atoms with van der Waals surface area (Å²) in [6.07, 6.45) is 6.45. The molecular formula is C11H18O. The molecule has 4 unspecified atom stereocenters. The number of hydrogen-bond acceptors (Lipinski definition) is 1. The molecule has 3 rings (SSSR count). The average molecular weight is 166 g/mol. The molecule has 3 aliphatic carbocycles. The minimum absolute atomic E-state index is 0.192.